The maximum atomic E-state index is 6.20. The van der Waals surface area contributed by atoms with Crippen LogP contribution in [-0.2, 0) is 6.42 Å². The highest BCUT2D eigenvalue weighted by Crippen LogP contribution is 2.38. The highest BCUT2D eigenvalue weighted by atomic mass is 127. The Morgan fingerprint density at radius 3 is 2.95 bits per heavy atom. The first-order chi connectivity index (χ1) is 10.2. The first-order valence-corrected chi connectivity index (χ1v) is 8.59. The van der Waals surface area contributed by atoms with Gasteiger partial charge < -0.3 is 10.1 Å². The molecule has 0 bridgehead atoms. The van der Waals surface area contributed by atoms with Crippen molar-refractivity contribution in [2.24, 2.45) is 0 Å². The van der Waals surface area contributed by atoms with Gasteiger partial charge in [0.05, 0.1) is 12.6 Å². The van der Waals surface area contributed by atoms with E-state index >= 15 is 0 Å². The number of para-hydroxylation sites is 1. The molecule has 2 aromatic carbocycles. The van der Waals surface area contributed by atoms with E-state index in [1.807, 2.05) is 12.1 Å². The van der Waals surface area contributed by atoms with Crippen LogP contribution in [0.2, 0.25) is 5.02 Å². The van der Waals surface area contributed by atoms with Crippen LogP contribution in [-0.4, -0.2) is 13.2 Å². The fraction of sp³-hybridized carbons (Fsp3) is 0.294. The maximum absolute atomic E-state index is 6.20. The summed E-state index contributed by atoms with van der Waals surface area (Å²) in [4.78, 5) is 0. The van der Waals surface area contributed by atoms with Crippen molar-refractivity contribution in [3.8, 4) is 5.75 Å². The SMILES string of the molecule is CCNC(c1cc(Cl)ccc1I)c1cccc2c1OCC2. The van der Waals surface area contributed by atoms with Gasteiger partial charge in [0.1, 0.15) is 5.75 Å². The molecule has 0 amide bonds. The van der Waals surface area contributed by atoms with E-state index in [-0.39, 0.29) is 6.04 Å². The van der Waals surface area contributed by atoms with Crippen LogP contribution in [0.4, 0.5) is 0 Å². The van der Waals surface area contributed by atoms with E-state index in [0.29, 0.717) is 0 Å². The second kappa shape index (κ2) is 6.55. The summed E-state index contributed by atoms with van der Waals surface area (Å²) in [5, 5.41) is 4.34. The quantitative estimate of drug-likeness (QED) is 0.741. The van der Waals surface area contributed by atoms with Crippen molar-refractivity contribution < 1.29 is 4.74 Å². The van der Waals surface area contributed by atoms with Crippen LogP contribution in [0.25, 0.3) is 0 Å². The van der Waals surface area contributed by atoms with E-state index in [2.05, 4.69) is 59.1 Å². The zero-order valence-corrected chi connectivity index (χ0v) is 14.7. The summed E-state index contributed by atoms with van der Waals surface area (Å²) < 4.78 is 7.08. The third-order valence-corrected chi connectivity index (χ3v) is 4.95. The van der Waals surface area contributed by atoms with Crippen molar-refractivity contribution in [2.45, 2.75) is 19.4 Å². The Morgan fingerprint density at radius 1 is 1.29 bits per heavy atom. The molecule has 0 aliphatic carbocycles. The maximum Gasteiger partial charge on any atom is 0.127 e. The van der Waals surface area contributed by atoms with Gasteiger partial charge in [-0.1, -0.05) is 36.7 Å². The molecule has 2 nitrogen and oxygen atoms in total. The van der Waals surface area contributed by atoms with Crippen LogP contribution in [0.15, 0.2) is 36.4 Å². The smallest absolute Gasteiger partial charge is 0.127 e. The van der Waals surface area contributed by atoms with Gasteiger partial charge in [0.2, 0.25) is 0 Å². The Kier molecular flexibility index (Phi) is 4.72. The molecule has 0 saturated heterocycles. The second-order valence-electron chi connectivity index (χ2n) is 5.09. The van der Waals surface area contributed by atoms with Gasteiger partial charge in [0.25, 0.3) is 0 Å². The number of benzene rings is 2. The number of ether oxygens (including phenoxy) is 1. The average molecular weight is 414 g/mol. The molecular weight excluding hydrogens is 397 g/mol. The standard InChI is InChI=1S/C17H17ClINO/c1-2-20-16(14-10-12(18)6-7-15(14)19)13-5-3-4-11-8-9-21-17(11)13/h3-7,10,16,20H,2,8-9H2,1H3. The van der Waals surface area contributed by atoms with Crippen LogP contribution in [0.5, 0.6) is 5.75 Å². The Morgan fingerprint density at radius 2 is 2.14 bits per heavy atom. The van der Waals surface area contributed by atoms with Gasteiger partial charge in [-0.05, 0) is 58.5 Å². The summed E-state index contributed by atoms with van der Waals surface area (Å²) in [7, 11) is 0. The number of fused-ring (bicyclic) bond motifs is 1. The largest absolute Gasteiger partial charge is 0.493 e. The third kappa shape index (κ3) is 3.05. The Hall–Kier alpha value is -0.780. The lowest BCUT2D eigenvalue weighted by Crippen LogP contribution is -2.23. The summed E-state index contributed by atoms with van der Waals surface area (Å²) in [6.45, 7) is 3.78. The molecule has 21 heavy (non-hydrogen) atoms. The lowest BCUT2D eigenvalue weighted by atomic mass is 9.96. The predicted octanol–water partition coefficient (Wildman–Crippen LogP) is 4.58. The summed E-state index contributed by atoms with van der Waals surface area (Å²) in [5.74, 6) is 1.04. The van der Waals surface area contributed by atoms with Gasteiger partial charge >= 0.3 is 0 Å². The molecular formula is C17H17ClINO. The minimum atomic E-state index is 0.105. The van der Waals surface area contributed by atoms with Crippen molar-refractivity contribution in [1.82, 2.24) is 5.32 Å². The zero-order chi connectivity index (χ0) is 14.8. The fourth-order valence-corrected chi connectivity index (χ4v) is 3.62. The van der Waals surface area contributed by atoms with Crippen LogP contribution >= 0.6 is 34.2 Å². The highest BCUT2D eigenvalue weighted by molar-refractivity contribution is 14.1. The molecule has 1 aliphatic rings. The van der Waals surface area contributed by atoms with Crippen LogP contribution in [0.1, 0.15) is 29.7 Å². The van der Waals surface area contributed by atoms with Gasteiger partial charge in [0, 0.05) is 20.6 Å². The molecule has 0 fully saturated rings. The summed E-state index contributed by atoms with van der Waals surface area (Å²) >= 11 is 8.57. The highest BCUT2D eigenvalue weighted by Gasteiger charge is 2.24. The normalized spacial score (nSPS) is 14.6. The molecule has 110 valence electrons. The van der Waals surface area contributed by atoms with Crippen LogP contribution < -0.4 is 10.1 Å². The summed E-state index contributed by atoms with van der Waals surface area (Å²) in [6, 6.07) is 12.6. The average Bonchev–Trinajstić information content (AvgIpc) is 2.96. The number of hydrogen-bond donors (Lipinski definition) is 1. The lowest BCUT2D eigenvalue weighted by molar-refractivity contribution is 0.350. The van der Waals surface area contributed by atoms with Crippen LogP contribution in [0, 0.1) is 3.57 Å². The van der Waals surface area contributed by atoms with E-state index in [1.165, 1.54) is 20.3 Å². The minimum absolute atomic E-state index is 0.105. The van der Waals surface area contributed by atoms with E-state index < -0.39 is 0 Å². The molecule has 0 radical (unpaired) electrons. The number of nitrogens with one attached hydrogen (secondary N) is 1. The first-order valence-electron chi connectivity index (χ1n) is 7.13. The lowest BCUT2D eigenvalue weighted by Gasteiger charge is -2.22. The molecule has 1 aliphatic heterocycles. The monoisotopic (exact) mass is 413 g/mol. The molecule has 1 atom stereocenters. The predicted molar refractivity (Wildman–Crippen MR) is 95.3 cm³/mol. The number of rotatable bonds is 4. The topological polar surface area (TPSA) is 21.3 Å². The van der Waals surface area contributed by atoms with Gasteiger partial charge in [-0.25, -0.2) is 0 Å². The van der Waals surface area contributed by atoms with Crippen molar-refractivity contribution in [2.75, 3.05) is 13.2 Å². The van der Waals surface area contributed by atoms with E-state index in [4.69, 9.17) is 16.3 Å². The Bertz CT molecular complexity index is 659. The fourth-order valence-electron chi connectivity index (χ4n) is 2.80. The van der Waals surface area contributed by atoms with Gasteiger partial charge in [-0.15, -0.1) is 0 Å². The Balaban J connectivity index is 2.10. The molecule has 1 N–H and O–H groups in total. The molecule has 3 rings (SSSR count). The minimum Gasteiger partial charge on any atom is -0.493 e. The summed E-state index contributed by atoms with van der Waals surface area (Å²) in [6.07, 6.45) is 0.995. The summed E-state index contributed by atoms with van der Waals surface area (Å²) in [5.41, 5.74) is 3.70. The van der Waals surface area contributed by atoms with Gasteiger partial charge in [-0.3, -0.25) is 0 Å². The molecule has 1 unspecified atom stereocenters. The number of hydrogen-bond acceptors (Lipinski definition) is 2. The van der Waals surface area contributed by atoms with Crippen molar-refractivity contribution >= 4 is 34.2 Å². The molecule has 0 spiro atoms. The van der Waals surface area contributed by atoms with Gasteiger partial charge in [-0.2, -0.15) is 0 Å². The van der Waals surface area contributed by atoms with E-state index in [0.717, 1.165) is 30.3 Å². The molecule has 0 saturated carbocycles. The van der Waals surface area contributed by atoms with E-state index in [9.17, 15) is 0 Å². The van der Waals surface area contributed by atoms with Crippen molar-refractivity contribution in [1.29, 1.82) is 0 Å². The van der Waals surface area contributed by atoms with E-state index in [1.54, 1.807) is 0 Å². The first kappa shape index (κ1) is 15.1. The molecule has 0 aromatic heterocycles. The number of halogens is 2. The second-order valence-corrected chi connectivity index (χ2v) is 6.69. The Labute approximate surface area is 144 Å². The van der Waals surface area contributed by atoms with Crippen molar-refractivity contribution in [3.05, 3.63) is 61.7 Å². The molecule has 1 heterocycles. The third-order valence-electron chi connectivity index (χ3n) is 3.73. The molecule has 2 aromatic rings. The molecule has 4 heteroatoms. The van der Waals surface area contributed by atoms with Crippen molar-refractivity contribution in [3.63, 3.8) is 0 Å². The van der Waals surface area contributed by atoms with Gasteiger partial charge in [0.15, 0.2) is 0 Å². The zero-order valence-electron chi connectivity index (χ0n) is 11.8. The van der Waals surface area contributed by atoms with Crippen LogP contribution in [0.3, 0.4) is 0 Å².